The lowest BCUT2D eigenvalue weighted by Gasteiger charge is -2.11. The minimum Gasteiger partial charge on any atom is -0.398 e. The fourth-order valence-corrected chi connectivity index (χ4v) is 1.31. The average molecular weight is 194 g/mol. The van der Waals surface area contributed by atoms with Crippen LogP contribution in [0, 0.1) is 0 Å². The normalized spacial score (nSPS) is 10.9. The van der Waals surface area contributed by atoms with Crippen molar-refractivity contribution in [2.75, 3.05) is 26.4 Å². The molecule has 1 aromatic carbocycles. The fourth-order valence-electron chi connectivity index (χ4n) is 1.31. The second-order valence-corrected chi connectivity index (χ2v) is 3.74. The Bertz CT molecular complexity index is 297. The minimum absolute atomic E-state index is 0.0537. The Morgan fingerprint density at radius 3 is 2.57 bits per heavy atom. The van der Waals surface area contributed by atoms with Crippen molar-refractivity contribution in [2.24, 2.45) is 0 Å². The van der Waals surface area contributed by atoms with E-state index in [0.29, 0.717) is 0 Å². The molecular formula is C11H18N2O. The van der Waals surface area contributed by atoms with Gasteiger partial charge in [0.25, 0.3) is 0 Å². The van der Waals surface area contributed by atoms with Gasteiger partial charge in [0, 0.05) is 12.2 Å². The Labute approximate surface area is 85.2 Å². The summed E-state index contributed by atoms with van der Waals surface area (Å²) in [6.45, 7) is 1.04. The molecule has 0 aliphatic carbocycles. The number of likely N-dealkylation sites (N-methyl/N-ethyl adjacent to an activating group) is 1. The van der Waals surface area contributed by atoms with Crippen molar-refractivity contribution in [3.05, 3.63) is 29.3 Å². The number of nitrogen functional groups attached to an aromatic ring is 1. The lowest BCUT2D eigenvalue weighted by molar-refractivity contribution is 0.282. The summed E-state index contributed by atoms with van der Waals surface area (Å²) in [4.78, 5) is 2.12. The quantitative estimate of drug-likeness (QED) is 0.699. The number of hydrogen-bond donors (Lipinski definition) is 2. The van der Waals surface area contributed by atoms with Crippen molar-refractivity contribution in [1.82, 2.24) is 4.90 Å². The fraction of sp³-hybridized carbons (Fsp3) is 0.455. The molecule has 0 amide bonds. The molecule has 0 heterocycles. The van der Waals surface area contributed by atoms with Gasteiger partial charge in [0.05, 0.1) is 6.61 Å². The van der Waals surface area contributed by atoms with E-state index in [1.165, 1.54) is 0 Å². The van der Waals surface area contributed by atoms with E-state index in [2.05, 4.69) is 4.90 Å². The smallest absolute Gasteiger partial charge is 0.0682 e. The predicted octanol–water partition coefficient (Wildman–Crippen LogP) is 0.865. The molecule has 0 unspecified atom stereocenters. The molecule has 78 valence electrons. The number of rotatable bonds is 4. The highest BCUT2D eigenvalue weighted by Crippen LogP contribution is 2.15. The van der Waals surface area contributed by atoms with Crippen molar-refractivity contribution in [3.63, 3.8) is 0 Å². The highest BCUT2D eigenvalue weighted by Gasteiger charge is 2.01. The van der Waals surface area contributed by atoms with Gasteiger partial charge in [-0.15, -0.1) is 0 Å². The van der Waals surface area contributed by atoms with Crippen molar-refractivity contribution >= 4 is 5.69 Å². The van der Waals surface area contributed by atoms with Crippen LogP contribution in [-0.2, 0) is 13.0 Å². The third-order valence-corrected chi connectivity index (χ3v) is 2.22. The summed E-state index contributed by atoms with van der Waals surface area (Å²) in [7, 11) is 4.08. The van der Waals surface area contributed by atoms with Crippen molar-refractivity contribution in [2.45, 2.75) is 13.0 Å². The first-order valence-electron chi connectivity index (χ1n) is 4.76. The maximum atomic E-state index is 8.91. The lowest BCUT2D eigenvalue weighted by Crippen LogP contribution is -2.15. The van der Waals surface area contributed by atoms with E-state index >= 15 is 0 Å². The maximum Gasteiger partial charge on any atom is 0.0682 e. The Morgan fingerprint density at radius 1 is 1.36 bits per heavy atom. The molecule has 0 fully saturated rings. The zero-order valence-electron chi connectivity index (χ0n) is 8.83. The van der Waals surface area contributed by atoms with E-state index in [9.17, 15) is 0 Å². The lowest BCUT2D eigenvalue weighted by atomic mass is 10.1. The average Bonchev–Trinajstić information content (AvgIpc) is 2.15. The number of nitrogens with two attached hydrogens (primary N) is 1. The summed E-state index contributed by atoms with van der Waals surface area (Å²) < 4.78 is 0. The SMILES string of the molecule is CN(C)CCc1ccc(CO)cc1N. The van der Waals surface area contributed by atoms with Gasteiger partial charge in [0.15, 0.2) is 0 Å². The number of benzene rings is 1. The number of hydrogen-bond acceptors (Lipinski definition) is 3. The van der Waals surface area contributed by atoms with E-state index < -0.39 is 0 Å². The first-order valence-corrected chi connectivity index (χ1v) is 4.76. The number of aliphatic hydroxyl groups is 1. The van der Waals surface area contributed by atoms with Gasteiger partial charge >= 0.3 is 0 Å². The Kier molecular flexibility index (Phi) is 3.92. The van der Waals surface area contributed by atoms with Gasteiger partial charge in [-0.25, -0.2) is 0 Å². The second kappa shape index (κ2) is 4.98. The van der Waals surface area contributed by atoms with Crippen molar-refractivity contribution < 1.29 is 5.11 Å². The zero-order valence-corrected chi connectivity index (χ0v) is 8.83. The Balaban J connectivity index is 2.69. The molecule has 3 nitrogen and oxygen atoms in total. The van der Waals surface area contributed by atoms with Crippen LogP contribution >= 0.6 is 0 Å². The molecule has 0 saturated carbocycles. The Hall–Kier alpha value is -1.06. The molecule has 0 aromatic heterocycles. The molecule has 0 saturated heterocycles. The van der Waals surface area contributed by atoms with Gasteiger partial charge in [-0.3, -0.25) is 0 Å². The van der Waals surface area contributed by atoms with E-state index in [1.54, 1.807) is 0 Å². The highest BCUT2D eigenvalue weighted by molar-refractivity contribution is 5.49. The van der Waals surface area contributed by atoms with Crippen LogP contribution in [0.4, 0.5) is 5.69 Å². The molecule has 14 heavy (non-hydrogen) atoms. The third-order valence-electron chi connectivity index (χ3n) is 2.22. The van der Waals surface area contributed by atoms with E-state index in [4.69, 9.17) is 10.8 Å². The van der Waals surface area contributed by atoms with Crippen LogP contribution in [0.2, 0.25) is 0 Å². The summed E-state index contributed by atoms with van der Waals surface area (Å²) in [5, 5.41) is 8.91. The van der Waals surface area contributed by atoms with Crippen LogP contribution in [0.15, 0.2) is 18.2 Å². The molecule has 0 bridgehead atoms. The molecular weight excluding hydrogens is 176 g/mol. The van der Waals surface area contributed by atoms with E-state index in [0.717, 1.165) is 29.8 Å². The summed E-state index contributed by atoms with van der Waals surface area (Å²) in [6, 6.07) is 5.75. The minimum atomic E-state index is 0.0537. The monoisotopic (exact) mass is 194 g/mol. The summed E-state index contributed by atoms with van der Waals surface area (Å²) in [6.07, 6.45) is 0.949. The number of nitrogens with zero attached hydrogens (tertiary/aromatic N) is 1. The van der Waals surface area contributed by atoms with Crippen LogP contribution in [-0.4, -0.2) is 30.6 Å². The first-order chi connectivity index (χ1) is 6.63. The topological polar surface area (TPSA) is 49.5 Å². The molecule has 3 N–H and O–H groups in total. The highest BCUT2D eigenvalue weighted by atomic mass is 16.3. The van der Waals surface area contributed by atoms with Gasteiger partial charge in [0.1, 0.15) is 0 Å². The molecule has 3 heteroatoms. The van der Waals surface area contributed by atoms with Crippen molar-refractivity contribution in [1.29, 1.82) is 0 Å². The van der Waals surface area contributed by atoms with Gasteiger partial charge < -0.3 is 15.7 Å². The number of aliphatic hydroxyl groups excluding tert-OH is 1. The third kappa shape index (κ3) is 3.01. The van der Waals surface area contributed by atoms with E-state index in [1.807, 2.05) is 32.3 Å². The van der Waals surface area contributed by atoms with Crippen LogP contribution in [0.1, 0.15) is 11.1 Å². The standard InChI is InChI=1S/C11H18N2O/c1-13(2)6-5-10-4-3-9(8-14)7-11(10)12/h3-4,7,14H,5-6,8,12H2,1-2H3. The summed E-state index contributed by atoms with van der Waals surface area (Å²) >= 11 is 0. The van der Waals surface area contributed by atoms with Crippen LogP contribution in [0.3, 0.4) is 0 Å². The molecule has 0 aliphatic rings. The molecule has 0 radical (unpaired) electrons. The van der Waals surface area contributed by atoms with Gasteiger partial charge in [0.2, 0.25) is 0 Å². The predicted molar refractivity (Wildman–Crippen MR) is 59.0 cm³/mol. The van der Waals surface area contributed by atoms with Crippen LogP contribution in [0.25, 0.3) is 0 Å². The second-order valence-electron chi connectivity index (χ2n) is 3.74. The molecule has 0 atom stereocenters. The zero-order chi connectivity index (χ0) is 10.6. The molecule has 1 rings (SSSR count). The van der Waals surface area contributed by atoms with Gasteiger partial charge in [-0.1, -0.05) is 12.1 Å². The number of anilines is 1. The van der Waals surface area contributed by atoms with Gasteiger partial charge in [-0.2, -0.15) is 0 Å². The molecule has 0 spiro atoms. The van der Waals surface area contributed by atoms with Crippen LogP contribution in [0.5, 0.6) is 0 Å². The van der Waals surface area contributed by atoms with Gasteiger partial charge in [-0.05, 0) is 37.7 Å². The Morgan fingerprint density at radius 2 is 2.07 bits per heavy atom. The van der Waals surface area contributed by atoms with Crippen LogP contribution < -0.4 is 5.73 Å². The molecule has 1 aromatic rings. The largest absolute Gasteiger partial charge is 0.398 e. The summed E-state index contributed by atoms with van der Waals surface area (Å²) in [5.74, 6) is 0. The summed E-state index contributed by atoms with van der Waals surface area (Å²) in [5.41, 5.74) is 8.65. The van der Waals surface area contributed by atoms with Crippen molar-refractivity contribution in [3.8, 4) is 0 Å². The molecule has 0 aliphatic heterocycles. The first kappa shape index (κ1) is 11.0. The van der Waals surface area contributed by atoms with E-state index in [-0.39, 0.29) is 6.61 Å². The maximum absolute atomic E-state index is 8.91.